The molecule has 2 N–H and O–H groups in total. The quantitative estimate of drug-likeness (QED) is 0.304. The third kappa shape index (κ3) is 5.41. The summed E-state index contributed by atoms with van der Waals surface area (Å²) in [6.07, 6.45) is 0.594. The number of amides is 1. The maximum atomic E-state index is 12.3. The van der Waals surface area contributed by atoms with Crippen LogP contribution in [0.5, 0.6) is 0 Å². The number of aromatic nitrogens is 1. The Labute approximate surface area is 200 Å². The summed E-state index contributed by atoms with van der Waals surface area (Å²) < 4.78 is 6.81. The minimum Gasteiger partial charge on any atom is -0.440 e. The molecule has 0 radical (unpaired) electrons. The summed E-state index contributed by atoms with van der Waals surface area (Å²) >= 11 is 8.62. The molecule has 32 heavy (non-hydrogen) atoms. The molecule has 0 saturated carbocycles. The smallest absolute Gasteiger partial charge is 0.257 e. The number of hydrogen-bond acceptors (Lipinski definition) is 4. The van der Waals surface area contributed by atoms with E-state index in [9.17, 15) is 4.79 Å². The van der Waals surface area contributed by atoms with Gasteiger partial charge in [-0.15, -0.1) is 0 Å². The van der Waals surface area contributed by atoms with E-state index < -0.39 is 0 Å². The maximum Gasteiger partial charge on any atom is 0.257 e. The monoisotopic (exact) mass is 507 g/mol. The van der Waals surface area contributed by atoms with E-state index in [1.807, 2.05) is 42.5 Å². The van der Waals surface area contributed by atoms with Crippen molar-refractivity contribution in [3.63, 3.8) is 0 Å². The number of nitrogens with one attached hydrogen (secondary N) is 2. The molecule has 0 aliphatic heterocycles. The number of nitrogens with zero attached hydrogens (tertiary/aromatic N) is 1. The molecule has 162 valence electrons. The summed E-state index contributed by atoms with van der Waals surface area (Å²) in [5, 5.41) is 5.96. The largest absolute Gasteiger partial charge is 0.440 e. The van der Waals surface area contributed by atoms with E-state index in [0.29, 0.717) is 23.8 Å². The van der Waals surface area contributed by atoms with E-state index in [1.165, 1.54) is 5.56 Å². The zero-order valence-electron chi connectivity index (χ0n) is 17.7. The third-order valence-electron chi connectivity index (χ3n) is 5.02. The summed E-state index contributed by atoms with van der Waals surface area (Å²) in [6.45, 7) is 4.32. The fourth-order valence-electron chi connectivity index (χ4n) is 3.25. The van der Waals surface area contributed by atoms with Crippen LogP contribution < -0.4 is 10.6 Å². The van der Waals surface area contributed by atoms with Crippen LogP contribution in [0.15, 0.2) is 75.6 Å². The van der Waals surface area contributed by atoms with Crippen LogP contribution in [0.25, 0.3) is 11.1 Å². The van der Waals surface area contributed by atoms with Gasteiger partial charge in [0.05, 0.1) is 0 Å². The molecular formula is C25H22BrN3O2S. The highest BCUT2D eigenvalue weighted by Crippen LogP contribution is 2.23. The number of anilines is 1. The Morgan fingerprint density at radius 2 is 1.78 bits per heavy atom. The molecule has 0 saturated heterocycles. The normalized spacial score (nSPS) is 11.0. The van der Waals surface area contributed by atoms with Crippen LogP contribution in [-0.2, 0) is 6.42 Å². The van der Waals surface area contributed by atoms with Gasteiger partial charge in [-0.25, -0.2) is 4.98 Å². The predicted molar refractivity (Wildman–Crippen MR) is 135 cm³/mol. The molecular weight excluding hydrogens is 486 g/mol. The number of carbonyl (C=O) groups excluding carboxylic acids is 1. The minimum atomic E-state index is -0.261. The van der Waals surface area contributed by atoms with Crippen molar-refractivity contribution in [3.05, 3.63) is 93.8 Å². The lowest BCUT2D eigenvalue weighted by Gasteiger charge is -2.10. The number of thiocarbonyl (C=S) groups is 1. The first-order valence-electron chi connectivity index (χ1n) is 10.2. The molecule has 5 nitrogen and oxygen atoms in total. The second-order valence-corrected chi connectivity index (χ2v) is 9.10. The van der Waals surface area contributed by atoms with E-state index in [-0.39, 0.29) is 11.0 Å². The Hall–Kier alpha value is -3.03. The lowest BCUT2D eigenvalue weighted by molar-refractivity contribution is 0.0977. The second kappa shape index (κ2) is 9.63. The van der Waals surface area contributed by atoms with Gasteiger partial charge in [0.2, 0.25) is 0 Å². The van der Waals surface area contributed by atoms with Crippen LogP contribution in [0.1, 0.15) is 47.1 Å². The molecule has 4 rings (SSSR count). The number of fused-ring (bicyclic) bond motifs is 1. The van der Waals surface area contributed by atoms with Crippen molar-refractivity contribution in [2.24, 2.45) is 0 Å². The number of carbonyl (C=O) groups is 1. The fourth-order valence-corrected chi connectivity index (χ4v) is 3.72. The molecule has 0 aliphatic rings. The molecule has 1 amide bonds. The minimum absolute atomic E-state index is 0.241. The lowest BCUT2D eigenvalue weighted by atomic mass is 10.0. The van der Waals surface area contributed by atoms with E-state index >= 15 is 0 Å². The zero-order chi connectivity index (χ0) is 22.7. The van der Waals surface area contributed by atoms with E-state index in [4.69, 9.17) is 16.6 Å². The Morgan fingerprint density at radius 3 is 2.47 bits per heavy atom. The second-order valence-electron chi connectivity index (χ2n) is 7.78. The summed E-state index contributed by atoms with van der Waals surface area (Å²) in [4.78, 5) is 16.9. The van der Waals surface area contributed by atoms with Crippen LogP contribution in [0.3, 0.4) is 0 Å². The highest BCUT2D eigenvalue weighted by Gasteiger charge is 2.10. The number of rotatable bonds is 5. The van der Waals surface area contributed by atoms with E-state index in [1.54, 1.807) is 12.1 Å². The van der Waals surface area contributed by atoms with Gasteiger partial charge < -0.3 is 9.73 Å². The molecule has 0 bridgehead atoms. The molecule has 3 aromatic carbocycles. The molecule has 0 unspecified atom stereocenters. The van der Waals surface area contributed by atoms with Gasteiger partial charge in [-0.2, -0.15) is 0 Å². The fraction of sp³-hybridized carbons (Fsp3) is 0.160. The molecule has 0 spiro atoms. The zero-order valence-corrected chi connectivity index (χ0v) is 20.1. The average Bonchev–Trinajstić information content (AvgIpc) is 3.17. The number of hydrogen-bond donors (Lipinski definition) is 2. The standard InChI is InChI=1S/C25H22BrN3O2S/c1-15(2)18-7-12-22-21(14-18)28-23(31-22)13-16-3-10-20(11-4-16)27-25(32)29-24(30)17-5-8-19(26)9-6-17/h3-12,14-15H,13H2,1-2H3,(H2,27,29,30,32). The van der Waals surface area contributed by atoms with Crippen molar-refractivity contribution < 1.29 is 9.21 Å². The summed E-state index contributed by atoms with van der Waals surface area (Å²) in [7, 11) is 0. The van der Waals surface area contributed by atoms with Crippen LogP contribution in [0.4, 0.5) is 5.69 Å². The maximum absolute atomic E-state index is 12.3. The van der Waals surface area contributed by atoms with Gasteiger partial charge in [0.15, 0.2) is 16.6 Å². The number of benzene rings is 3. The van der Waals surface area contributed by atoms with Gasteiger partial charge in [-0.3, -0.25) is 10.1 Å². The van der Waals surface area contributed by atoms with Crippen molar-refractivity contribution in [2.45, 2.75) is 26.2 Å². The van der Waals surface area contributed by atoms with Crippen molar-refractivity contribution in [3.8, 4) is 0 Å². The SMILES string of the molecule is CC(C)c1ccc2oc(Cc3ccc(NC(=S)NC(=O)c4ccc(Br)cc4)cc3)nc2c1. The molecule has 0 fully saturated rings. The average molecular weight is 508 g/mol. The number of oxazole rings is 1. The van der Waals surface area contributed by atoms with Gasteiger partial charge >= 0.3 is 0 Å². The Kier molecular flexibility index (Phi) is 6.67. The predicted octanol–water partition coefficient (Wildman–Crippen LogP) is 6.43. The van der Waals surface area contributed by atoms with E-state index in [0.717, 1.165) is 26.8 Å². The highest BCUT2D eigenvalue weighted by atomic mass is 79.9. The summed E-state index contributed by atoms with van der Waals surface area (Å²) in [5.41, 5.74) is 5.32. The molecule has 1 aromatic heterocycles. The molecule has 4 aromatic rings. The van der Waals surface area contributed by atoms with Crippen molar-refractivity contribution in [1.82, 2.24) is 10.3 Å². The Balaban J connectivity index is 1.36. The van der Waals surface area contributed by atoms with Gasteiger partial charge in [-0.1, -0.05) is 48.0 Å². The van der Waals surface area contributed by atoms with Crippen LogP contribution in [-0.4, -0.2) is 16.0 Å². The third-order valence-corrected chi connectivity index (χ3v) is 5.76. The van der Waals surface area contributed by atoms with Gasteiger partial charge in [-0.05, 0) is 77.8 Å². The van der Waals surface area contributed by atoms with Gasteiger partial charge in [0.1, 0.15) is 5.52 Å². The summed E-state index contributed by atoms with van der Waals surface area (Å²) in [5.74, 6) is 0.868. The van der Waals surface area contributed by atoms with Gasteiger partial charge in [0.25, 0.3) is 5.91 Å². The van der Waals surface area contributed by atoms with Crippen molar-refractivity contribution in [1.29, 1.82) is 0 Å². The Morgan fingerprint density at radius 1 is 1.06 bits per heavy atom. The van der Waals surface area contributed by atoms with Crippen LogP contribution in [0, 0.1) is 0 Å². The van der Waals surface area contributed by atoms with Gasteiger partial charge in [0, 0.05) is 22.1 Å². The number of halogens is 1. The molecule has 7 heteroatoms. The first kappa shape index (κ1) is 22.2. The van der Waals surface area contributed by atoms with E-state index in [2.05, 4.69) is 57.5 Å². The first-order chi connectivity index (χ1) is 15.4. The van der Waals surface area contributed by atoms with Crippen molar-refractivity contribution >= 4 is 56.0 Å². The molecule has 1 heterocycles. The first-order valence-corrected chi connectivity index (χ1v) is 11.4. The molecule has 0 aliphatic carbocycles. The Bertz CT molecular complexity index is 1260. The highest BCUT2D eigenvalue weighted by molar-refractivity contribution is 9.10. The molecule has 0 atom stereocenters. The summed E-state index contributed by atoms with van der Waals surface area (Å²) in [6, 6.07) is 21.0. The van der Waals surface area contributed by atoms with Crippen LogP contribution in [0.2, 0.25) is 0 Å². The van der Waals surface area contributed by atoms with Crippen molar-refractivity contribution in [2.75, 3.05) is 5.32 Å². The lowest BCUT2D eigenvalue weighted by Crippen LogP contribution is -2.34. The topological polar surface area (TPSA) is 67.2 Å². The van der Waals surface area contributed by atoms with Crippen LogP contribution >= 0.6 is 28.1 Å².